The lowest BCUT2D eigenvalue weighted by Gasteiger charge is -2.47. The van der Waals surface area contributed by atoms with Crippen molar-refractivity contribution in [2.24, 2.45) is 0 Å². The Labute approximate surface area is 712 Å². The number of rotatable bonds is 76. The molecule has 2 amide bonds. The van der Waals surface area contributed by atoms with E-state index in [9.17, 15) is 34.2 Å². The van der Waals surface area contributed by atoms with Gasteiger partial charge in [-0.2, -0.15) is 0 Å². The summed E-state index contributed by atoms with van der Waals surface area (Å²) in [6.07, 6.45) is 41.8. The standard InChI is InChI=1S/C98H170N2O16Si/c1-10-16-22-28-34-37-43-46-54-64-81(112-90(105)71-61-49-40-31-25-19-13-4)75-87(101)99-80(74-89(103)104)78-110-97-94(100-88(102)76-82(65-55-47-44-38-35-29-23-17-11-2)113-91(106)72-62-50-41-32-26-20-14-5)96(95(109)86(115-97)79-111-117(98(7,8)9,84-67-57-52-58-68-84)85-69-59-53-60-70-85)116-93(108)77-83(66-56-48-45-39-36-30-24-18-12-3)114-92(107)73-63-51-42-33-27-21-15-6/h52-53,57-60,67-70,80-83,86,94-97,109H,10-51,54-56,61-66,71-79H2,1-9H3,(H,99,101)(H,100,102)(H,103,104)/t80-,81-,82-,83-,86+,94+,95+,96+,97+/m1/s1. The molecule has 0 bridgehead atoms. The number of carboxylic acid groups (broad SMARTS) is 1. The number of nitrogens with one attached hydrogen (secondary N) is 2. The van der Waals surface area contributed by atoms with E-state index in [-0.39, 0.29) is 51.1 Å². The number of benzene rings is 2. The Morgan fingerprint density at radius 2 is 0.726 bits per heavy atom. The molecule has 3 rings (SSSR count). The van der Waals surface area contributed by atoms with Gasteiger partial charge in [-0.25, -0.2) is 0 Å². The smallest absolute Gasteiger partial charge is 0.310 e. The van der Waals surface area contributed by atoms with Crippen LogP contribution in [0.3, 0.4) is 0 Å². The van der Waals surface area contributed by atoms with Gasteiger partial charge in [0.15, 0.2) is 12.4 Å². The fraction of sp³-hybridized carbons (Fsp3) is 0.806. The topological polar surface area (TPSA) is 249 Å². The number of aliphatic hydroxyl groups is 1. The van der Waals surface area contributed by atoms with Gasteiger partial charge >= 0.3 is 29.8 Å². The summed E-state index contributed by atoms with van der Waals surface area (Å²) in [5.41, 5.74) is 0. The van der Waals surface area contributed by atoms with Crippen molar-refractivity contribution in [1.82, 2.24) is 10.6 Å². The summed E-state index contributed by atoms with van der Waals surface area (Å²) in [6.45, 7) is 18.8. The van der Waals surface area contributed by atoms with Crippen molar-refractivity contribution < 1.29 is 76.6 Å². The summed E-state index contributed by atoms with van der Waals surface area (Å²) in [4.78, 5) is 99.7. The molecule has 2 aromatic carbocycles. The number of aliphatic carboxylic acids is 1. The minimum Gasteiger partial charge on any atom is -0.481 e. The van der Waals surface area contributed by atoms with Crippen molar-refractivity contribution in [3.8, 4) is 0 Å². The number of unbranched alkanes of at least 4 members (excludes halogenated alkanes) is 42. The highest BCUT2D eigenvalue weighted by atomic mass is 28.4. The first kappa shape index (κ1) is 106. The molecule has 1 aliphatic rings. The molecule has 1 heterocycles. The minimum absolute atomic E-state index is 0.195. The number of carbonyl (C=O) groups is 7. The highest BCUT2D eigenvalue weighted by Gasteiger charge is 2.54. The molecule has 18 nitrogen and oxygen atoms in total. The van der Waals surface area contributed by atoms with Gasteiger partial charge in [-0.15, -0.1) is 0 Å². The summed E-state index contributed by atoms with van der Waals surface area (Å²) in [6, 6.07) is 17.2. The van der Waals surface area contributed by atoms with Crippen LogP contribution in [-0.2, 0) is 66.4 Å². The molecule has 1 fully saturated rings. The van der Waals surface area contributed by atoms with E-state index in [4.69, 9.17) is 32.8 Å². The molecule has 0 aliphatic carbocycles. The van der Waals surface area contributed by atoms with Crippen LogP contribution in [0.5, 0.6) is 0 Å². The Kier molecular flexibility index (Phi) is 61.9. The molecule has 117 heavy (non-hydrogen) atoms. The molecule has 672 valence electrons. The van der Waals surface area contributed by atoms with Gasteiger partial charge in [0.1, 0.15) is 36.6 Å². The highest BCUT2D eigenvalue weighted by molar-refractivity contribution is 6.99. The second-order valence-electron chi connectivity index (χ2n) is 35.2. The molecule has 0 radical (unpaired) electrons. The van der Waals surface area contributed by atoms with Crippen LogP contribution in [-0.4, -0.2) is 128 Å². The maximum absolute atomic E-state index is 15.3. The van der Waals surface area contributed by atoms with Crippen molar-refractivity contribution in [2.45, 2.75) is 495 Å². The van der Waals surface area contributed by atoms with Crippen LogP contribution in [0.1, 0.15) is 435 Å². The zero-order valence-electron chi connectivity index (χ0n) is 75.5. The van der Waals surface area contributed by atoms with Crippen LogP contribution in [0.4, 0.5) is 0 Å². The molecule has 0 saturated carbocycles. The third-order valence-electron chi connectivity index (χ3n) is 23.4. The molecule has 1 aliphatic heterocycles. The normalized spacial score (nSPS) is 16.7. The molecule has 4 N–H and O–H groups in total. The van der Waals surface area contributed by atoms with Gasteiger partial charge in [0.25, 0.3) is 8.32 Å². The third-order valence-corrected chi connectivity index (χ3v) is 28.4. The quantitative estimate of drug-likeness (QED) is 0.0208. The SMILES string of the molecule is CCCCCCCCCCC[C@H](CC(=O)N[C@@H](CO[C@H]1O[C@@H](CO[Si](c2ccccc2)(c2ccccc2)C(C)(C)C)[C@H](O)[C@@H](OC(=O)C[C@@H](CCCCCCCCCCC)OC(=O)CCCCCCCCC)[C@@H]1NC(=O)C[C@@H](CCCCCCCCCCC)OC(=O)CCCCCCCCC)CC(=O)O)OC(=O)CCCCCCCCC. The number of ether oxygens (including phenoxy) is 6. The zero-order chi connectivity index (χ0) is 85.3. The summed E-state index contributed by atoms with van der Waals surface area (Å²) in [5, 5.41) is 31.3. The van der Waals surface area contributed by atoms with E-state index in [1.165, 1.54) is 96.3 Å². The van der Waals surface area contributed by atoms with Crippen LogP contribution >= 0.6 is 0 Å². The molecule has 0 spiro atoms. The Morgan fingerprint density at radius 3 is 1.06 bits per heavy atom. The van der Waals surface area contributed by atoms with Gasteiger partial charge < -0.3 is 53.7 Å². The number of aliphatic hydroxyl groups excluding tert-OH is 1. The maximum atomic E-state index is 15.3. The second-order valence-corrected chi connectivity index (χ2v) is 39.5. The maximum Gasteiger partial charge on any atom is 0.310 e. The van der Waals surface area contributed by atoms with E-state index in [1.807, 2.05) is 60.7 Å². The zero-order valence-corrected chi connectivity index (χ0v) is 76.5. The summed E-state index contributed by atoms with van der Waals surface area (Å²) >= 11 is 0. The molecular weight excluding hydrogens is 1490 g/mol. The first-order valence-electron chi connectivity index (χ1n) is 48.0. The van der Waals surface area contributed by atoms with E-state index in [1.54, 1.807) is 0 Å². The summed E-state index contributed by atoms with van der Waals surface area (Å²) < 4.78 is 46.6. The number of hydrogen-bond acceptors (Lipinski definition) is 15. The molecular formula is C98H170N2O16Si. The predicted molar refractivity (Wildman–Crippen MR) is 477 cm³/mol. The van der Waals surface area contributed by atoms with E-state index in [0.717, 1.165) is 190 Å². The van der Waals surface area contributed by atoms with Gasteiger partial charge in [-0.05, 0) is 73.2 Å². The van der Waals surface area contributed by atoms with Crippen LogP contribution in [0, 0.1) is 0 Å². The molecule has 0 unspecified atom stereocenters. The van der Waals surface area contributed by atoms with Gasteiger partial charge in [0.2, 0.25) is 11.8 Å². The number of carboxylic acids is 1. The van der Waals surface area contributed by atoms with Crippen LogP contribution < -0.4 is 21.0 Å². The first-order chi connectivity index (χ1) is 56.7. The van der Waals surface area contributed by atoms with Crippen LogP contribution in [0.15, 0.2) is 60.7 Å². The fourth-order valence-electron chi connectivity index (χ4n) is 16.4. The number of amides is 2. The number of hydrogen-bond donors (Lipinski definition) is 4. The minimum atomic E-state index is -3.42. The van der Waals surface area contributed by atoms with Crippen molar-refractivity contribution in [3.63, 3.8) is 0 Å². The van der Waals surface area contributed by atoms with Crippen molar-refractivity contribution in [3.05, 3.63) is 60.7 Å². The van der Waals surface area contributed by atoms with Crippen LogP contribution in [0.2, 0.25) is 5.04 Å². The molecule has 9 atom stereocenters. The first-order valence-corrected chi connectivity index (χ1v) is 49.9. The number of esters is 4. The van der Waals surface area contributed by atoms with Gasteiger partial charge in [0, 0.05) is 19.3 Å². The average Bonchev–Trinajstić information content (AvgIpc) is 0.745. The molecule has 0 aromatic heterocycles. The molecule has 19 heteroatoms. The van der Waals surface area contributed by atoms with Crippen molar-refractivity contribution >= 4 is 60.4 Å². The summed E-state index contributed by atoms with van der Waals surface area (Å²) in [7, 11) is -3.42. The Balaban J connectivity index is 2.25. The van der Waals surface area contributed by atoms with Gasteiger partial charge in [-0.1, -0.05) is 393 Å². The fourth-order valence-corrected chi connectivity index (χ4v) is 21.0. The molecule has 2 aromatic rings. The van der Waals surface area contributed by atoms with Gasteiger partial charge in [-0.3, -0.25) is 33.6 Å². The largest absolute Gasteiger partial charge is 0.481 e. The molecule has 1 saturated heterocycles. The lowest BCUT2D eigenvalue weighted by Crippen LogP contribution is -2.69. The predicted octanol–water partition coefficient (Wildman–Crippen LogP) is 23.1. The van der Waals surface area contributed by atoms with E-state index < -0.39 is 117 Å². The van der Waals surface area contributed by atoms with Crippen molar-refractivity contribution in [2.75, 3.05) is 13.2 Å². The lowest BCUT2D eigenvalue weighted by molar-refractivity contribution is -0.274. The monoisotopic (exact) mass is 1660 g/mol. The van der Waals surface area contributed by atoms with E-state index in [0.29, 0.717) is 51.4 Å². The number of carbonyl (C=O) groups excluding carboxylic acids is 6. The van der Waals surface area contributed by atoms with Crippen LogP contribution in [0.25, 0.3) is 0 Å². The average molecular weight is 1660 g/mol. The Bertz CT molecular complexity index is 2780. The Morgan fingerprint density at radius 1 is 0.410 bits per heavy atom. The summed E-state index contributed by atoms with van der Waals surface area (Å²) in [5.74, 6) is -4.40. The Hall–Kier alpha value is -5.21. The van der Waals surface area contributed by atoms with Crippen molar-refractivity contribution in [1.29, 1.82) is 0 Å². The second kappa shape index (κ2) is 68.3. The van der Waals surface area contributed by atoms with E-state index in [2.05, 4.69) is 72.9 Å². The lowest BCUT2D eigenvalue weighted by atomic mass is 9.95. The third kappa shape index (κ3) is 49.5. The van der Waals surface area contributed by atoms with E-state index >= 15 is 9.59 Å². The highest BCUT2D eigenvalue weighted by Crippen LogP contribution is 2.38. The van der Waals surface area contributed by atoms with Gasteiger partial charge in [0.05, 0.1) is 44.9 Å².